The van der Waals surface area contributed by atoms with Crippen molar-refractivity contribution in [2.75, 3.05) is 50.5 Å². The largest absolute Gasteiger partial charge is 0.462 e. The maximum atomic E-state index is 12.4. The maximum Gasteiger partial charge on any atom is 0.341 e. The summed E-state index contributed by atoms with van der Waals surface area (Å²) in [5, 5.41) is 2.96. The van der Waals surface area contributed by atoms with Gasteiger partial charge in [-0.2, -0.15) is 0 Å². The van der Waals surface area contributed by atoms with Crippen molar-refractivity contribution in [3.05, 3.63) is 46.3 Å². The van der Waals surface area contributed by atoms with Gasteiger partial charge in [-0.15, -0.1) is 11.3 Å². The van der Waals surface area contributed by atoms with E-state index in [1.54, 1.807) is 14.0 Å². The van der Waals surface area contributed by atoms with Crippen molar-refractivity contribution >= 4 is 33.9 Å². The molecular formula is C20H26N4O3S. The molecule has 8 heteroatoms. The van der Waals surface area contributed by atoms with Gasteiger partial charge in [-0.1, -0.05) is 18.2 Å². The summed E-state index contributed by atoms with van der Waals surface area (Å²) < 4.78 is 5.17. The summed E-state index contributed by atoms with van der Waals surface area (Å²) in [6.45, 7) is 5.94. The molecule has 7 nitrogen and oxygen atoms in total. The van der Waals surface area contributed by atoms with Crippen LogP contribution in [0.3, 0.4) is 0 Å². The van der Waals surface area contributed by atoms with Crippen LogP contribution < -0.4 is 16.0 Å². The van der Waals surface area contributed by atoms with Crippen LogP contribution in [-0.2, 0) is 11.3 Å². The summed E-state index contributed by atoms with van der Waals surface area (Å²) in [6.07, 6.45) is 0. The number of rotatable bonds is 6. The summed E-state index contributed by atoms with van der Waals surface area (Å²) in [6, 6.07) is 10.3. The third-order valence-electron chi connectivity index (χ3n) is 4.82. The van der Waals surface area contributed by atoms with Gasteiger partial charge in [0.25, 0.3) is 5.91 Å². The number of nitrogen functional groups attached to an aromatic ring is 1. The van der Waals surface area contributed by atoms with Crippen LogP contribution in [-0.4, -0.2) is 56.6 Å². The molecule has 1 aromatic heterocycles. The number of benzene rings is 1. The standard InChI is InChI=1S/C20H26N4O3S/c1-3-27-20(26)16-15(17(19(25)22-2)28-18(16)21)13-23-9-11-24(12-10-23)14-7-5-4-6-8-14/h4-8H,3,9-13,21H2,1-2H3,(H,22,25). The Morgan fingerprint density at radius 2 is 1.86 bits per heavy atom. The molecule has 1 aromatic carbocycles. The first kappa shape index (κ1) is 20.2. The highest BCUT2D eigenvalue weighted by molar-refractivity contribution is 7.18. The molecule has 150 valence electrons. The fourth-order valence-corrected chi connectivity index (χ4v) is 4.40. The van der Waals surface area contributed by atoms with Gasteiger partial charge in [0.05, 0.1) is 17.0 Å². The van der Waals surface area contributed by atoms with Crippen LogP contribution in [0.2, 0.25) is 0 Å². The second-order valence-electron chi connectivity index (χ2n) is 6.55. The number of para-hydroxylation sites is 1. The van der Waals surface area contributed by atoms with Crippen molar-refractivity contribution in [1.29, 1.82) is 0 Å². The minimum Gasteiger partial charge on any atom is -0.462 e. The molecule has 0 atom stereocenters. The summed E-state index contributed by atoms with van der Waals surface area (Å²) in [5.74, 6) is -0.700. The molecule has 1 aliphatic rings. The van der Waals surface area contributed by atoms with Gasteiger partial charge in [-0.3, -0.25) is 9.69 Å². The first-order valence-corrected chi connectivity index (χ1v) is 10.2. The number of anilines is 2. The summed E-state index contributed by atoms with van der Waals surface area (Å²) in [5.41, 5.74) is 8.28. The number of nitrogens with zero attached hydrogens (tertiary/aromatic N) is 2. The number of nitrogens with one attached hydrogen (secondary N) is 1. The number of piperazine rings is 1. The second kappa shape index (κ2) is 9.07. The fraction of sp³-hybridized carbons (Fsp3) is 0.400. The van der Waals surface area contributed by atoms with Gasteiger partial charge in [-0.25, -0.2) is 4.79 Å². The Morgan fingerprint density at radius 3 is 2.46 bits per heavy atom. The van der Waals surface area contributed by atoms with Crippen molar-refractivity contribution in [3.8, 4) is 0 Å². The van der Waals surface area contributed by atoms with Crippen molar-refractivity contribution in [2.45, 2.75) is 13.5 Å². The van der Waals surface area contributed by atoms with Gasteiger partial charge in [-0.05, 0) is 19.1 Å². The Bertz CT molecular complexity index is 829. The lowest BCUT2D eigenvalue weighted by Gasteiger charge is -2.36. The predicted molar refractivity (Wildman–Crippen MR) is 112 cm³/mol. The lowest BCUT2D eigenvalue weighted by atomic mass is 10.1. The monoisotopic (exact) mass is 402 g/mol. The van der Waals surface area contributed by atoms with Crippen molar-refractivity contribution in [3.63, 3.8) is 0 Å². The molecule has 0 aliphatic carbocycles. The molecule has 0 bridgehead atoms. The van der Waals surface area contributed by atoms with Gasteiger partial charge in [0, 0.05) is 51.0 Å². The molecular weight excluding hydrogens is 376 g/mol. The zero-order valence-electron chi connectivity index (χ0n) is 16.2. The Kier molecular flexibility index (Phi) is 6.53. The minimum atomic E-state index is -0.468. The van der Waals surface area contributed by atoms with Crippen molar-refractivity contribution in [2.24, 2.45) is 0 Å². The van der Waals surface area contributed by atoms with E-state index in [0.717, 1.165) is 37.5 Å². The molecule has 1 amide bonds. The average molecular weight is 403 g/mol. The van der Waals surface area contributed by atoms with E-state index in [9.17, 15) is 9.59 Å². The van der Waals surface area contributed by atoms with Crippen LogP contribution in [0.4, 0.5) is 10.7 Å². The summed E-state index contributed by atoms with van der Waals surface area (Å²) in [7, 11) is 1.57. The Balaban J connectivity index is 1.78. The highest BCUT2D eigenvalue weighted by Gasteiger charge is 2.28. The zero-order valence-corrected chi connectivity index (χ0v) is 17.1. The van der Waals surface area contributed by atoms with E-state index in [-0.39, 0.29) is 12.5 Å². The fourth-order valence-electron chi connectivity index (χ4n) is 3.39. The summed E-state index contributed by atoms with van der Waals surface area (Å²) >= 11 is 1.14. The van der Waals surface area contributed by atoms with E-state index in [4.69, 9.17) is 10.5 Å². The number of amides is 1. The molecule has 3 rings (SSSR count). The van der Waals surface area contributed by atoms with Gasteiger partial charge in [0.1, 0.15) is 5.00 Å². The molecule has 0 radical (unpaired) electrons. The van der Waals surface area contributed by atoms with Crippen molar-refractivity contribution < 1.29 is 14.3 Å². The smallest absolute Gasteiger partial charge is 0.341 e. The number of carbonyl (C=O) groups excluding carboxylic acids is 2. The Morgan fingerprint density at radius 1 is 1.18 bits per heavy atom. The van der Waals surface area contributed by atoms with E-state index >= 15 is 0 Å². The number of ether oxygens (including phenoxy) is 1. The number of nitrogens with two attached hydrogens (primary N) is 1. The highest BCUT2D eigenvalue weighted by Crippen LogP contribution is 2.33. The van der Waals surface area contributed by atoms with Crippen LogP contribution in [0.25, 0.3) is 0 Å². The van der Waals surface area contributed by atoms with E-state index in [2.05, 4.69) is 27.2 Å². The predicted octanol–water partition coefficient (Wildman–Crippen LogP) is 2.19. The van der Waals surface area contributed by atoms with E-state index in [1.807, 2.05) is 18.2 Å². The number of hydrogen-bond acceptors (Lipinski definition) is 7. The number of esters is 1. The average Bonchev–Trinajstić information content (AvgIpc) is 3.04. The summed E-state index contributed by atoms with van der Waals surface area (Å²) in [4.78, 5) is 29.8. The van der Waals surface area contributed by atoms with E-state index in [0.29, 0.717) is 27.5 Å². The van der Waals surface area contributed by atoms with Crippen LogP contribution in [0.1, 0.15) is 32.5 Å². The van der Waals surface area contributed by atoms with E-state index in [1.165, 1.54) is 5.69 Å². The zero-order chi connectivity index (χ0) is 20.1. The molecule has 1 saturated heterocycles. The molecule has 28 heavy (non-hydrogen) atoms. The molecule has 1 fully saturated rings. The molecule has 0 saturated carbocycles. The Labute approximate surface area is 169 Å². The number of carbonyl (C=O) groups is 2. The first-order chi connectivity index (χ1) is 13.5. The molecule has 0 spiro atoms. The highest BCUT2D eigenvalue weighted by atomic mass is 32.1. The molecule has 1 aliphatic heterocycles. The lowest BCUT2D eigenvalue weighted by molar-refractivity contribution is 0.0525. The van der Waals surface area contributed by atoms with Crippen molar-refractivity contribution in [1.82, 2.24) is 10.2 Å². The Hall–Kier alpha value is -2.58. The second-order valence-corrected chi connectivity index (χ2v) is 7.60. The molecule has 0 unspecified atom stereocenters. The maximum absolute atomic E-state index is 12.4. The quantitative estimate of drug-likeness (QED) is 0.720. The molecule has 2 heterocycles. The van der Waals surface area contributed by atoms with Gasteiger partial charge in [0.15, 0.2) is 0 Å². The topological polar surface area (TPSA) is 87.9 Å². The minimum absolute atomic E-state index is 0.231. The third-order valence-corrected chi connectivity index (χ3v) is 5.88. The first-order valence-electron chi connectivity index (χ1n) is 9.37. The molecule has 3 N–H and O–H groups in total. The van der Waals surface area contributed by atoms with Crippen LogP contribution in [0, 0.1) is 0 Å². The lowest BCUT2D eigenvalue weighted by Crippen LogP contribution is -2.46. The van der Waals surface area contributed by atoms with E-state index < -0.39 is 5.97 Å². The van der Waals surface area contributed by atoms with Crippen LogP contribution in [0.15, 0.2) is 30.3 Å². The van der Waals surface area contributed by atoms with Crippen LogP contribution >= 0.6 is 11.3 Å². The van der Waals surface area contributed by atoms with Crippen LogP contribution in [0.5, 0.6) is 0 Å². The van der Waals surface area contributed by atoms with Gasteiger partial charge >= 0.3 is 5.97 Å². The third kappa shape index (κ3) is 4.28. The number of hydrogen-bond donors (Lipinski definition) is 2. The van der Waals surface area contributed by atoms with Gasteiger partial charge < -0.3 is 20.7 Å². The SMILES string of the molecule is CCOC(=O)c1c(N)sc(C(=O)NC)c1CN1CCN(c2ccccc2)CC1. The number of thiophene rings is 1. The van der Waals surface area contributed by atoms with Gasteiger partial charge in [0.2, 0.25) is 0 Å². The molecule has 2 aromatic rings. The normalized spacial score (nSPS) is 14.7.